The van der Waals surface area contributed by atoms with Crippen molar-refractivity contribution in [3.63, 3.8) is 0 Å². The lowest BCUT2D eigenvalue weighted by atomic mass is 10.1. The van der Waals surface area contributed by atoms with Crippen LogP contribution in [0.15, 0.2) is 41.3 Å². The molecule has 0 saturated carbocycles. The Morgan fingerprint density at radius 1 is 1.30 bits per heavy atom. The Labute approximate surface area is 134 Å². The minimum absolute atomic E-state index is 0.257. The van der Waals surface area contributed by atoms with Gasteiger partial charge in [-0.15, -0.1) is 11.3 Å². The first kappa shape index (κ1) is 16.8. The molecule has 118 valence electrons. The monoisotopic (exact) mass is 336 g/mol. The van der Waals surface area contributed by atoms with E-state index in [0.29, 0.717) is 4.88 Å². The van der Waals surface area contributed by atoms with Gasteiger partial charge in [0.1, 0.15) is 11.6 Å². The van der Waals surface area contributed by atoms with Crippen LogP contribution in [0.1, 0.15) is 16.0 Å². The molecule has 2 rings (SSSR count). The standard InChI is InChI=1S/C16H11F3N2OS/c1-10-6-7-23-14(10)8-11(9-20)15(22)21-13-5-3-2-4-12(13)16(17,18)19/h2-8H,1H3,(H,21,22)/b11-8+. The molecule has 1 amide bonds. The van der Waals surface area contributed by atoms with E-state index in [2.05, 4.69) is 5.32 Å². The van der Waals surface area contributed by atoms with Crippen molar-refractivity contribution in [3.05, 3.63) is 57.3 Å². The quantitative estimate of drug-likeness (QED) is 0.657. The van der Waals surface area contributed by atoms with Crippen molar-refractivity contribution < 1.29 is 18.0 Å². The molecule has 0 unspecified atom stereocenters. The van der Waals surface area contributed by atoms with Crippen molar-refractivity contribution in [1.29, 1.82) is 5.26 Å². The number of nitriles is 1. The van der Waals surface area contributed by atoms with Gasteiger partial charge in [0.25, 0.3) is 5.91 Å². The first-order valence-electron chi connectivity index (χ1n) is 6.46. The maximum atomic E-state index is 12.9. The van der Waals surface area contributed by atoms with Gasteiger partial charge in [0.15, 0.2) is 0 Å². The van der Waals surface area contributed by atoms with Crippen molar-refractivity contribution in [2.24, 2.45) is 0 Å². The SMILES string of the molecule is Cc1ccsc1/C=C(\C#N)C(=O)Nc1ccccc1C(F)(F)F. The molecule has 0 saturated heterocycles. The number of nitrogens with one attached hydrogen (secondary N) is 1. The number of hydrogen-bond acceptors (Lipinski definition) is 3. The van der Waals surface area contributed by atoms with E-state index in [1.165, 1.54) is 29.5 Å². The van der Waals surface area contributed by atoms with Crippen LogP contribution in [0.5, 0.6) is 0 Å². The van der Waals surface area contributed by atoms with Crippen LogP contribution in [0, 0.1) is 18.3 Å². The number of rotatable bonds is 3. The number of benzene rings is 1. The molecule has 0 fully saturated rings. The molecule has 0 aliphatic carbocycles. The second kappa shape index (κ2) is 6.67. The molecule has 1 heterocycles. The topological polar surface area (TPSA) is 52.9 Å². The third-order valence-corrected chi connectivity index (χ3v) is 3.99. The summed E-state index contributed by atoms with van der Waals surface area (Å²) in [5.74, 6) is -0.878. The van der Waals surface area contributed by atoms with E-state index in [4.69, 9.17) is 5.26 Å². The van der Waals surface area contributed by atoms with Gasteiger partial charge in [0.05, 0.1) is 11.3 Å². The lowest BCUT2D eigenvalue weighted by molar-refractivity contribution is -0.136. The number of hydrogen-bond donors (Lipinski definition) is 1. The molecule has 23 heavy (non-hydrogen) atoms. The van der Waals surface area contributed by atoms with Crippen molar-refractivity contribution in [1.82, 2.24) is 0 Å². The number of aryl methyl sites for hydroxylation is 1. The molecule has 7 heteroatoms. The summed E-state index contributed by atoms with van der Waals surface area (Å²) in [6.45, 7) is 1.81. The Morgan fingerprint density at radius 2 is 2.00 bits per heavy atom. The number of nitrogens with zero attached hydrogens (tertiary/aromatic N) is 1. The molecule has 2 aromatic rings. The highest BCUT2D eigenvalue weighted by Crippen LogP contribution is 2.34. The van der Waals surface area contributed by atoms with Crippen LogP contribution in [0.4, 0.5) is 18.9 Å². The fourth-order valence-corrected chi connectivity index (χ4v) is 2.70. The van der Waals surface area contributed by atoms with E-state index in [0.717, 1.165) is 17.7 Å². The van der Waals surface area contributed by atoms with Crippen LogP contribution in [-0.2, 0) is 11.0 Å². The Balaban J connectivity index is 2.31. The number of anilines is 1. The number of amides is 1. The number of alkyl halides is 3. The van der Waals surface area contributed by atoms with Gasteiger partial charge in [-0.3, -0.25) is 4.79 Å². The van der Waals surface area contributed by atoms with Gasteiger partial charge in [-0.2, -0.15) is 18.4 Å². The minimum atomic E-state index is -4.59. The average Bonchev–Trinajstić information content (AvgIpc) is 2.89. The smallest absolute Gasteiger partial charge is 0.321 e. The van der Waals surface area contributed by atoms with Crippen LogP contribution in [-0.4, -0.2) is 5.91 Å². The zero-order chi connectivity index (χ0) is 17.0. The van der Waals surface area contributed by atoms with Gasteiger partial charge in [-0.05, 0) is 42.1 Å². The minimum Gasteiger partial charge on any atom is -0.321 e. The molecule has 1 N–H and O–H groups in total. The maximum absolute atomic E-state index is 12.9. The third kappa shape index (κ3) is 3.99. The highest BCUT2D eigenvalue weighted by Gasteiger charge is 2.33. The second-order valence-corrected chi connectivity index (χ2v) is 5.58. The van der Waals surface area contributed by atoms with Gasteiger partial charge in [-0.25, -0.2) is 0 Å². The Bertz CT molecular complexity index is 800. The second-order valence-electron chi connectivity index (χ2n) is 4.64. The van der Waals surface area contributed by atoms with E-state index in [9.17, 15) is 18.0 Å². The van der Waals surface area contributed by atoms with Crippen LogP contribution in [0.2, 0.25) is 0 Å². The Morgan fingerprint density at radius 3 is 2.57 bits per heavy atom. The third-order valence-electron chi connectivity index (χ3n) is 3.02. The van der Waals surface area contributed by atoms with E-state index in [1.54, 1.807) is 11.4 Å². The normalized spacial score (nSPS) is 11.9. The zero-order valence-electron chi connectivity index (χ0n) is 11.9. The van der Waals surface area contributed by atoms with Crippen molar-refractivity contribution in [2.75, 3.05) is 5.32 Å². The van der Waals surface area contributed by atoms with E-state index >= 15 is 0 Å². The molecule has 3 nitrogen and oxygen atoms in total. The summed E-state index contributed by atoms with van der Waals surface area (Å²) >= 11 is 1.34. The summed E-state index contributed by atoms with van der Waals surface area (Å²) in [5.41, 5.74) is -0.717. The molecule has 0 radical (unpaired) electrons. The molecule has 1 aromatic carbocycles. The van der Waals surface area contributed by atoms with Crippen LogP contribution in [0.3, 0.4) is 0 Å². The summed E-state index contributed by atoms with van der Waals surface area (Å²) in [6, 6.07) is 8.17. The van der Waals surface area contributed by atoms with E-state index in [-0.39, 0.29) is 11.3 Å². The van der Waals surface area contributed by atoms with Gasteiger partial charge in [-0.1, -0.05) is 12.1 Å². The highest BCUT2D eigenvalue weighted by molar-refractivity contribution is 7.11. The van der Waals surface area contributed by atoms with E-state index in [1.807, 2.05) is 13.0 Å². The number of thiophene rings is 1. The number of halogens is 3. The first-order valence-corrected chi connectivity index (χ1v) is 7.34. The van der Waals surface area contributed by atoms with Crippen LogP contribution >= 0.6 is 11.3 Å². The van der Waals surface area contributed by atoms with Gasteiger partial charge >= 0.3 is 6.18 Å². The summed E-state index contributed by atoms with van der Waals surface area (Å²) in [5, 5.41) is 13.1. The van der Waals surface area contributed by atoms with Gasteiger partial charge in [0.2, 0.25) is 0 Å². The molecule has 1 aromatic heterocycles. The molecular weight excluding hydrogens is 325 g/mol. The van der Waals surface area contributed by atoms with E-state index < -0.39 is 17.6 Å². The van der Waals surface area contributed by atoms with Crippen molar-refractivity contribution in [3.8, 4) is 6.07 Å². The summed E-state index contributed by atoms with van der Waals surface area (Å²) in [7, 11) is 0. The lowest BCUT2D eigenvalue weighted by Gasteiger charge is -2.13. The fourth-order valence-electron chi connectivity index (χ4n) is 1.84. The van der Waals surface area contributed by atoms with Gasteiger partial charge in [0, 0.05) is 4.88 Å². The van der Waals surface area contributed by atoms with Crippen LogP contribution in [0.25, 0.3) is 6.08 Å². The maximum Gasteiger partial charge on any atom is 0.418 e. The van der Waals surface area contributed by atoms with Crippen molar-refractivity contribution in [2.45, 2.75) is 13.1 Å². The largest absolute Gasteiger partial charge is 0.418 e. The zero-order valence-corrected chi connectivity index (χ0v) is 12.8. The number of carbonyl (C=O) groups is 1. The molecule has 0 spiro atoms. The molecule has 0 atom stereocenters. The lowest BCUT2D eigenvalue weighted by Crippen LogP contribution is -2.17. The Hall–Kier alpha value is -2.59. The average molecular weight is 336 g/mol. The van der Waals surface area contributed by atoms with Gasteiger partial charge < -0.3 is 5.32 Å². The first-order chi connectivity index (χ1) is 10.8. The fraction of sp³-hybridized carbons (Fsp3) is 0.125. The molecular formula is C16H11F3N2OS. The highest BCUT2D eigenvalue weighted by atomic mass is 32.1. The number of carbonyl (C=O) groups excluding carboxylic acids is 1. The van der Waals surface area contributed by atoms with Crippen LogP contribution < -0.4 is 5.32 Å². The predicted octanol–water partition coefficient (Wildman–Crippen LogP) is 4.62. The molecule has 0 bridgehead atoms. The summed E-state index contributed by atoms with van der Waals surface area (Å²) < 4.78 is 38.7. The molecule has 0 aliphatic heterocycles. The molecule has 0 aliphatic rings. The number of para-hydroxylation sites is 1. The Kier molecular flexibility index (Phi) is 4.86. The predicted molar refractivity (Wildman–Crippen MR) is 82.7 cm³/mol. The summed E-state index contributed by atoms with van der Waals surface area (Å²) in [4.78, 5) is 12.8. The van der Waals surface area contributed by atoms with Crippen molar-refractivity contribution >= 4 is 29.0 Å². The summed E-state index contributed by atoms with van der Waals surface area (Å²) in [6.07, 6.45) is -3.23.